The number of carbonyl (C=O) groups is 1. The van der Waals surface area contributed by atoms with E-state index in [9.17, 15) is 4.79 Å². The van der Waals surface area contributed by atoms with Gasteiger partial charge in [0.15, 0.2) is 0 Å². The molecular formula is C10H13ClO4. The first kappa shape index (κ1) is 12.4. The molecule has 0 aromatic carbocycles. The van der Waals surface area contributed by atoms with Gasteiger partial charge in [0.25, 0.3) is 5.24 Å². The van der Waals surface area contributed by atoms with E-state index in [1.165, 1.54) is 21.3 Å². The molecule has 0 saturated carbocycles. The van der Waals surface area contributed by atoms with Crippen molar-refractivity contribution in [3.8, 4) is 0 Å². The van der Waals surface area contributed by atoms with Gasteiger partial charge in [0.05, 0.1) is 0 Å². The van der Waals surface area contributed by atoms with Crippen LogP contribution in [0.2, 0.25) is 0 Å². The molecule has 1 aliphatic rings. The largest absolute Gasteiger partial charge is 0.371 e. The molecule has 1 rings (SSSR count). The van der Waals surface area contributed by atoms with Crippen molar-refractivity contribution in [3.63, 3.8) is 0 Å². The lowest BCUT2D eigenvalue weighted by Gasteiger charge is -2.35. The van der Waals surface area contributed by atoms with E-state index in [-0.39, 0.29) is 0 Å². The Hall–Kier alpha value is -0.680. The van der Waals surface area contributed by atoms with Gasteiger partial charge in [-0.3, -0.25) is 4.79 Å². The molecule has 0 N–H and O–H groups in total. The highest BCUT2D eigenvalue weighted by Crippen LogP contribution is 2.28. The number of carbonyl (C=O) groups excluding carboxylic acids is 1. The molecule has 0 spiro atoms. The third-order valence-electron chi connectivity index (χ3n) is 2.34. The zero-order chi connectivity index (χ0) is 11.5. The molecule has 1 atom stereocenters. The van der Waals surface area contributed by atoms with Crippen LogP contribution in [0.1, 0.15) is 0 Å². The lowest BCUT2D eigenvalue weighted by atomic mass is 9.99. The van der Waals surface area contributed by atoms with E-state index in [1.54, 1.807) is 18.2 Å². The van der Waals surface area contributed by atoms with Gasteiger partial charge < -0.3 is 14.2 Å². The summed E-state index contributed by atoms with van der Waals surface area (Å²) in [4.78, 5) is 11.0. The number of ether oxygens (including phenoxy) is 3. The molecule has 0 aliphatic heterocycles. The summed E-state index contributed by atoms with van der Waals surface area (Å²) < 4.78 is 15.6. The fourth-order valence-electron chi connectivity index (χ4n) is 1.45. The van der Waals surface area contributed by atoms with Crippen molar-refractivity contribution in [3.05, 3.63) is 23.8 Å². The molecule has 15 heavy (non-hydrogen) atoms. The quantitative estimate of drug-likeness (QED) is 0.541. The van der Waals surface area contributed by atoms with Crippen molar-refractivity contribution in [1.29, 1.82) is 0 Å². The third kappa shape index (κ3) is 2.29. The molecule has 84 valence electrons. The molecule has 0 radical (unpaired) electrons. The molecular weight excluding hydrogens is 220 g/mol. The van der Waals surface area contributed by atoms with Gasteiger partial charge >= 0.3 is 0 Å². The second-order valence-corrected chi connectivity index (χ2v) is 3.36. The van der Waals surface area contributed by atoms with E-state index < -0.39 is 17.1 Å². The molecule has 4 nitrogen and oxygen atoms in total. The van der Waals surface area contributed by atoms with E-state index in [1.807, 2.05) is 0 Å². The topological polar surface area (TPSA) is 44.8 Å². The fraction of sp³-hybridized carbons (Fsp3) is 0.500. The summed E-state index contributed by atoms with van der Waals surface area (Å²) >= 11 is 5.36. The molecule has 0 bridgehead atoms. The average molecular weight is 233 g/mol. The zero-order valence-electron chi connectivity index (χ0n) is 8.82. The second-order valence-electron chi connectivity index (χ2n) is 3.02. The van der Waals surface area contributed by atoms with E-state index in [0.717, 1.165) is 0 Å². The maximum atomic E-state index is 11.0. The van der Waals surface area contributed by atoms with Crippen LogP contribution >= 0.6 is 11.6 Å². The van der Waals surface area contributed by atoms with E-state index in [2.05, 4.69) is 0 Å². The van der Waals surface area contributed by atoms with Gasteiger partial charge in [-0.05, 0) is 29.8 Å². The summed E-state index contributed by atoms with van der Waals surface area (Å²) in [7, 11) is 4.51. The standard InChI is InChI=1S/C10H13ClO4/c1-13-8-6-7(9(11)12)4-5-10(8,14-2)15-3/h4-6,8H,1-3H3. The molecule has 0 heterocycles. The van der Waals surface area contributed by atoms with Gasteiger partial charge in [0.1, 0.15) is 6.10 Å². The van der Waals surface area contributed by atoms with Gasteiger partial charge in [-0.15, -0.1) is 0 Å². The summed E-state index contributed by atoms with van der Waals surface area (Å²) in [6.07, 6.45) is 4.23. The van der Waals surface area contributed by atoms with Crippen LogP contribution in [0.5, 0.6) is 0 Å². The summed E-state index contributed by atoms with van der Waals surface area (Å²) in [5, 5.41) is -0.533. The van der Waals surface area contributed by atoms with Gasteiger partial charge in [0.2, 0.25) is 5.79 Å². The summed E-state index contributed by atoms with van der Waals surface area (Å²) in [5.74, 6) is -0.995. The summed E-state index contributed by atoms with van der Waals surface area (Å²) in [5.41, 5.74) is 0.369. The van der Waals surface area contributed by atoms with Crippen molar-refractivity contribution < 1.29 is 19.0 Å². The maximum Gasteiger partial charge on any atom is 0.252 e. The first-order valence-corrected chi connectivity index (χ1v) is 4.71. The monoisotopic (exact) mass is 232 g/mol. The second kappa shape index (κ2) is 4.90. The van der Waals surface area contributed by atoms with Crippen molar-refractivity contribution >= 4 is 16.8 Å². The number of rotatable bonds is 4. The van der Waals surface area contributed by atoms with Crippen LogP contribution in [0, 0.1) is 0 Å². The normalized spacial score (nSPS) is 23.7. The van der Waals surface area contributed by atoms with Gasteiger partial charge in [0, 0.05) is 26.9 Å². The maximum absolute atomic E-state index is 11.0. The van der Waals surface area contributed by atoms with Crippen LogP contribution in [0.15, 0.2) is 23.8 Å². The van der Waals surface area contributed by atoms with Crippen molar-refractivity contribution in [1.82, 2.24) is 0 Å². The number of methoxy groups -OCH3 is 3. The van der Waals surface area contributed by atoms with Crippen molar-refractivity contribution in [2.24, 2.45) is 0 Å². The molecule has 0 saturated heterocycles. The van der Waals surface area contributed by atoms with Gasteiger partial charge in [-0.2, -0.15) is 0 Å². The lowest BCUT2D eigenvalue weighted by Crippen LogP contribution is -2.46. The van der Waals surface area contributed by atoms with Crippen molar-refractivity contribution in [2.45, 2.75) is 11.9 Å². The Kier molecular flexibility index (Phi) is 4.04. The van der Waals surface area contributed by atoms with E-state index >= 15 is 0 Å². The Morgan fingerprint density at radius 1 is 1.40 bits per heavy atom. The highest BCUT2D eigenvalue weighted by molar-refractivity contribution is 6.68. The van der Waals surface area contributed by atoms with Crippen LogP contribution in [0.25, 0.3) is 0 Å². The minimum Gasteiger partial charge on any atom is -0.371 e. The Labute approximate surface area is 93.4 Å². The molecule has 1 unspecified atom stereocenters. The molecule has 5 heteroatoms. The van der Waals surface area contributed by atoms with Crippen LogP contribution in [-0.4, -0.2) is 38.5 Å². The van der Waals surface area contributed by atoms with Crippen molar-refractivity contribution in [2.75, 3.05) is 21.3 Å². The Balaban J connectivity index is 3.01. The Morgan fingerprint density at radius 2 is 2.00 bits per heavy atom. The minimum absolute atomic E-state index is 0.369. The molecule has 0 aromatic rings. The fourth-order valence-corrected chi connectivity index (χ4v) is 1.58. The van der Waals surface area contributed by atoms with Crippen LogP contribution in [0.4, 0.5) is 0 Å². The Bertz CT molecular complexity index is 305. The lowest BCUT2D eigenvalue weighted by molar-refractivity contribution is -0.220. The van der Waals surface area contributed by atoms with Crippen LogP contribution in [-0.2, 0) is 19.0 Å². The van der Waals surface area contributed by atoms with E-state index in [0.29, 0.717) is 5.57 Å². The van der Waals surface area contributed by atoms with Gasteiger partial charge in [-0.1, -0.05) is 0 Å². The zero-order valence-corrected chi connectivity index (χ0v) is 9.58. The smallest absolute Gasteiger partial charge is 0.252 e. The first-order chi connectivity index (χ1) is 7.09. The number of hydrogen-bond donors (Lipinski definition) is 0. The van der Waals surface area contributed by atoms with Crippen LogP contribution in [0.3, 0.4) is 0 Å². The number of hydrogen-bond acceptors (Lipinski definition) is 4. The summed E-state index contributed by atoms with van der Waals surface area (Å²) in [6.45, 7) is 0. The summed E-state index contributed by atoms with van der Waals surface area (Å²) in [6, 6.07) is 0. The molecule has 1 aliphatic carbocycles. The minimum atomic E-state index is -0.995. The number of halogens is 1. The molecule has 0 fully saturated rings. The SMILES string of the molecule is COC1C=C(C(=O)Cl)C=CC1(OC)OC. The predicted octanol–water partition coefficient (Wildman–Crippen LogP) is 1.25. The average Bonchev–Trinajstić information content (AvgIpc) is 2.27. The third-order valence-corrected chi connectivity index (χ3v) is 2.56. The molecule has 0 amide bonds. The highest BCUT2D eigenvalue weighted by Gasteiger charge is 2.39. The van der Waals surface area contributed by atoms with Gasteiger partial charge in [-0.25, -0.2) is 0 Å². The first-order valence-electron chi connectivity index (χ1n) is 4.33. The molecule has 0 aromatic heterocycles. The number of allylic oxidation sites excluding steroid dienone is 2. The van der Waals surface area contributed by atoms with Crippen LogP contribution < -0.4 is 0 Å². The highest BCUT2D eigenvalue weighted by atomic mass is 35.5. The predicted molar refractivity (Wildman–Crippen MR) is 55.6 cm³/mol. The Morgan fingerprint density at radius 3 is 2.40 bits per heavy atom. The van der Waals surface area contributed by atoms with E-state index in [4.69, 9.17) is 25.8 Å².